The maximum absolute atomic E-state index is 12.4. The second kappa shape index (κ2) is 7.18. The number of nitrogens with one attached hydrogen (secondary N) is 1. The Labute approximate surface area is 180 Å². The number of aromatic nitrogens is 3. The van der Waals surface area contributed by atoms with Gasteiger partial charge >= 0.3 is 5.97 Å². The number of aromatic carboxylic acids is 1. The Morgan fingerprint density at radius 2 is 2.03 bits per heavy atom. The summed E-state index contributed by atoms with van der Waals surface area (Å²) in [4.78, 5) is 21.8. The van der Waals surface area contributed by atoms with Crippen molar-refractivity contribution in [1.29, 1.82) is 0 Å². The topological polar surface area (TPSA) is 115 Å². The van der Waals surface area contributed by atoms with Crippen LogP contribution in [0.5, 0.6) is 5.75 Å². The maximum atomic E-state index is 12.4. The van der Waals surface area contributed by atoms with E-state index in [-0.39, 0.29) is 5.41 Å². The van der Waals surface area contributed by atoms with Gasteiger partial charge in [0.05, 0.1) is 24.1 Å². The number of methoxy groups -OCH3 is 1. The lowest BCUT2D eigenvalue weighted by Gasteiger charge is -2.42. The summed E-state index contributed by atoms with van der Waals surface area (Å²) >= 11 is 0. The quantitative estimate of drug-likeness (QED) is 0.577. The molecule has 3 aromatic rings. The van der Waals surface area contributed by atoms with E-state index in [0.29, 0.717) is 43.9 Å². The molecule has 0 spiro atoms. The first-order chi connectivity index (χ1) is 15.0. The normalized spacial score (nSPS) is 16.2. The fourth-order valence-electron chi connectivity index (χ4n) is 4.91. The molecule has 4 N–H and O–H groups in total. The molecular formula is C23H25N5O3. The molecule has 3 heterocycles. The van der Waals surface area contributed by atoms with Crippen molar-refractivity contribution in [3.8, 4) is 28.5 Å². The number of carbonyl (C=O) groups is 1. The zero-order valence-electron chi connectivity index (χ0n) is 17.6. The average Bonchev–Trinajstić information content (AvgIpc) is 3.06. The molecule has 31 heavy (non-hydrogen) atoms. The number of ether oxygens (including phenoxy) is 1. The lowest BCUT2D eigenvalue weighted by molar-refractivity contribution is 0.0690. The highest BCUT2D eigenvalue weighted by atomic mass is 16.5. The van der Waals surface area contributed by atoms with Crippen LogP contribution in [0.3, 0.4) is 0 Å². The van der Waals surface area contributed by atoms with Crippen molar-refractivity contribution in [3.05, 3.63) is 52.8 Å². The van der Waals surface area contributed by atoms with Crippen LogP contribution in [0, 0.1) is 0 Å². The third-order valence-corrected chi connectivity index (χ3v) is 6.61. The third-order valence-electron chi connectivity index (χ3n) is 6.61. The number of hydrogen-bond donors (Lipinski definition) is 3. The largest absolute Gasteiger partial charge is 0.497 e. The average molecular weight is 419 g/mol. The Bertz CT molecular complexity index is 1170. The van der Waals surface area contributed by atoms with E-state index < -0.39 is 5.97 Å². The zero-order valence-corrected chi connectivity index (χ0v) is 17.6. The Morgan fingerprint density at radius 1 is 1.29 bits per heavy atom. The number of nitrogens with zero attached hydrogens (tertiary/aromatic N) is 3. The summed E-state index contributed by atoms with van der Waals surface area (Å²) in [7, 11) is 3.56. The van der Waals surface area contributed by atoms with E-state index in [2.05, 4.69) is 10.3 Å². The third kappa shape index (κ3) is 2.86. The second-order valence-corrected chi connectivity index (χ2v) is 8.30. The first-order valence-electron chi connectivity index (χ1n) is 10.4. The van der Waals surface area contributed by atoms with Crippen LogP contribution in [0.1, 0.15) is 27.2 Å². The van der Waals surface area contributed by atoms with Gasteiger partial charge in [-0.05, 0) is 48.2 Å². The van der Waals surface area contributed by atoms with Gasteiger partial charge in [-0.2, -0.15) is 0 Å². The molecule has 0 amide bonds. The molecule has 2 aliphatic rings. The molecule has 1 fully saturated rings. The predicted octanol–water partition coefficient (Wildman–Crippen LogP) is 1.75. The Morgan fingerprint density at radius 3 is 2.61 bits per heavy atom. The molecule has 0 radical (unpaired) electrons. The van der Waals surface area contributed by atoms with Crippen molar-refractivity contribution in [1.82, 2.24) is 19.9 Å². The SMILES string of the molecule is COc1ccc(-c2ncc3c(n2)-c2c(c(C(=O)O)c(C4(CN)CNC4)n2C)CC3)cc1. The fraction of sp³-hybridized carbons (Fsp3) is 0.348. The van der Waals surface area contributed by atoms with Gasteiger partial charge in [-0.25, -0.2) is 14.8 Å². The lowest BCUT2D eigenvalue weighted by Crippen LogP contribution is -2.62. The minimum atomic E-state index is -0.903. The molecule has 8 heteroatoms. The molecule has 1 saturated heterocycles. The van der Waals surface area contributed by atoms with E-state index >= 15 is 0 Å². The Hall–Kier alpha value is -3.23. The number of benzene rings is 1. The predicted molar refractivity (Wildman–Crippen MR) is 116 cm³/mol. The van der Waals surface area contributed by atoms with Gasteiger partial charge in [-0.15, -0.1) is 0 Å². The number of nitrogens with two attached hydrogens (primary N) is 1. The molecular weight excluding hydrogens is 394 g/mol. The molecule has 160 valence electrons. The van der Waals surface area contributed by atoms with Crippen molar-refractivity contribution < 1.29 is 14.6 Å². The van der Waals surface area contributed by atoms with Crippen LogP contribution in [0.25, 0.3) is 22.8 Å². The monoisotopic (exact) mass is 419 g/mol. The highest BCUT2D eigenvalue weighted by Crippen LogP contribution is 2.42. The van der Waals surface area contributed by atoms with Gasteiger partial charge in [0.15, 0.2) is 5.82 Å². The van der Waals surface area contributed by atoms with Gasteiger partial charge in [0.1, 0.15) is 5.75 Å². The van der Waals surface area contributed by atoms with Crippen molar-refractivity contribution in [2.45, 2.75) is 18.3 Å². The number of rotatable bonds is 5. The Balaban J connectivity index is 1.70. The molecule has 0 bridgehead atoms. The minimum Gasteiger partial charge on any atom is -0.497 e. The van der Waals surface area contributed by atoms with Crippen LogP contribution in [0.15, 0.2) is 30.5 Å². The van der Waals surface area contributed by atoms with Crippen LogP contribution in [-0.4, -0.2) is 52.4 Å². The first-order valence-corrected chi connectivity index (χ1v) is 10.4. The summed E-state index contributed by atoms with van der Waals surface area (Å²) in [5, 5.41) is 13.4. The Kier molecular flexibility index (Phi) is 4.56. The number of carboxylic acid groups (broad SMARTS) is 1. The van der Waals surface area contributed by atoms with Crippen LogP contribution < -0.4 is 15.8 Å². The van der Waals surface area contributed by atoms with E-state index in [9.17, 15) is 9.90 Å². The van der Waals surface area contributed by atoms with E-state index in [1.165, 1.54) is 0 Å². The summed E-state index contributed by atoms with van der Waals surface area (Å²) in [5.41, 5.74) is 11.4. The zero-order chi connectivity index (χ0) is 21.8. The number of fused-ring (bicyclic) bond motifs is 3. The number of aryl methyl sites for hydroxylation is 1. The first kappa shape index (κ1) is 19.7. The summed E-state index contributed by atoms with van der Waals surface area (Å²) in [6.07, 6.45) is 3.22. The highest BCUT2D eigenvalue weighted by molar-refractivity contribution is 5.95. The number of hydrogen-bond acceptors (Lipinski definition) is 6. The van der Waals surface area contributed by atoms with E-state index in [0.717, 1.165) is 39.5 Å². The van der Waals surface area contributed by atoms with Crippen LogP contribution in [0.2, 0.25) is 0 Å². The van der Waals surface area contributed by atoms with Crippen LogP contribution >= 0.6 is 0 Å². The summed E-state index contributed by atoms with van der Waals surface area (Å²) in [6.45, 7) is 1.74. The smallest absolute Gasteiger partial charge is 0.337 e. The van der Waals surface area contributed by atoms with Gasteiger partial charge in [-0.3, -0.25) is 0 Å². The molecule has 1 aliphatic heterocycles. The summed E-state index contributed by atoms with van der Waals surface area (Å²) < 4.78 is 7.25. The molecule has 0 unspecified atom stereocenters. The molecule has 8 nitrogen and oxygen atoms in total. The van der Waals surface area contributed by atoms with Gasteiger partial charge < -0.3 is 25.5 Å². The van der Waals surface area contributed by atoms with Gasteiger partial charge in [0.2, 0.25) is 0 Å². The molecule has 1 aliphatic carbocycles. The van der Waals surface area contributed by atoms with Crippen molar-refractivity contribution in [2.24, 2.45) is 12.8 Å². The van der Waals surface area contributed by atoms with Crippen LogP contribution in [0.4, 0.5) is 0 Å². The molecule has 5 rings (SSSR count). The highest BCUT2D eigenvalue weighted by Gasteiger charge is 2.45. The van der Waals surface area contributed by atoms with Crippen molar-refractivity contribution in [3.63, 3.8) is 0 Å². The van der Waals surface area contributed by atoms with E-state index in [1.807, 2.05) is 42.1 Å². The fourth-order valence-corrected chi connectivity index (χ4v) is 4.91. The summed E-state index contributed by atoms with van der Waals surface area (Å²) in [6, 6.07) is 7.60. The standard InChI is InChI=1S/C23H25N5O3/c1-28-19-16(17(22(29)30)20(28)23(10-24)11-25-12-23)8-5-14-9-26-21(27-18(14)19)13-3-6-15(31-2)7-4-13/h3-4,6-7,9,25H,5,8,10-12,24H2,1-2H3,(H,29,30). The van der Waals surface area contributed by atoms with Crippen molar-refractivity contribution in [2.75, 3.05) is 26.7 Å². The molecule has 0 saturated carbocycles. The number of carboxylic acids is 1. The molecule has 1 aromatic carbocycles. The van der Waals surface area contributed by atoms with Gasteiger partial charge in [0.25, 0.3) is 0 Å². The second-order valence-electron chi connectivity index (χ2n) is 8.30. The maximum Gasteiger partial charge on any atom is 0.337 e. The van der Waals surface area contributed by atoms with Crippen LogP contribution in [-0.2, 0) is 25.3 Å². The molecule has 0 atom stereocenters. The van der Waals surface area contributed by atoms with Crippen molar-refractivity contribution >= 4 is 5.97 Å². The van der Waals surface area contributed by atoms with Gasteiger partial charge in [-0.1, -0.05) is 0 Å². The molecule has 2 aromatic heterocycles. The minimum absolute atomic E-state index is 0.369. The van der Waals surface area contributed by atoms with Gasteiger partial charge in [0, 0.05) is 49.6 Å². The summed E-state index contributed by atoms with van der Waals surface area (Å²) in [5.74, 6) is 0.468. The lowest BCUT2D eigenvalue weighted by atomic mass is 9.76. The van der Waals surface area contributed by atoms with E-state index in [4.69, 9.17) is 15.5 Å². The van der Waals surface area contributed by atoms with E-state index in [1.54, 1.807) is 7.11 Å².